The summed E-state index contributed by atoms with van der Waals surface area (Å²) in [6, 6.07) is 0. The summed E-state index contributed by atoms with van der Waals surface area (Å²) in [5, 5.41) is 0. The van der Waals surface area contributed by atoms with E-state index in [2.05, 4.69) is 51.2 Å². The van der Waals surface area contributed by atoms with Crippen LogP contribution in [0.4, 0.5) is 0 Å². The lowest BCUT2D eigenvalue weighted by molar-refractivity contribution is 1.20. The monoisotopic (exact) mass is 160 g/mol. The third-order valence-electron chi connectivity index (χ3n) is 1.89. The van der Waals surface area contributed by atoms with Crippen molar-refractivity contribution in [3.05, 3.63) is 47.1 Å². The molecule has 0 heteroatoms. The molecule has 0 aromatic rings. The molecule has 0 fully saturated rings. The quantitative estimate of drug-likeness (QED) is 0.547. The molecule has 0 aromatic heterocycles. The fraction of sp³-hybridized carbons (Fsp3) is 0.333. The van der Waals surface area contributed by atoms with Gasteiger partial charge in [0.05, 0.1) is 0 Å². The van der Waals surface area contributed by atoms with Crippen molar-refractivity contribution in [3.63, 3.8) is 0 Å². The fourth-order valence-corrected chi connectivity index (χ4v) is 1.33. The molecule has 0 unspecified atom stereocenters. The van der Waals surface area contributed by atoms with Gasteiger partial charge in [0.25, 0.3) is 0 Å². The zero-order valence-corrected chi connectivity index (χ0v) is 8.09. The molecule has 0 bridgehead atoms. The SMILES string of the molecule is CC(C)=C/C(C)=C1\C=CC=CC1. The summed E-state index contributed by atoms with van der Waals surface area (Å²) in [6.07, 6.45) is 11.9. The molecule has 1 rings (SSSR count). The number of hydrogen-bond donors (Lipinski definition) is 0. The molecule has 0 radical (unpaired) electrons. The summed E-state index contributed by atoms with van der Waals surface area (Å²) in [5.41, 5.74) is 4.18. The van der Waals surface area contributed by atoms with Crippen LogP contribution in [0.3, 0.4) is 0 Å². The second-order valence-corrected chi connectivity index (χ2v) is 3.42. The van der Waals surface area contributed by atoms with Gasteiger partial charge >= 0.3 is 0 Å². The molecule has 0 saturated heterocycles. The number of hydrogen-bond acceptors (Lipinski definition) is 0. The van der Waals surface area contributed by atoms with Crippen molar-refractivity contribution < 1.29 is 0 Å². The third kappa shape index (κ3) is 2.54. The molecule has 0 aliphatic heterocycles. The molecule has 1 aliphatic carbocycles. The van der Waals surface area contributed by atoms with Crippen molar-refractivity contribution >= 4 is 0 Å². The highest BCUT2D eigenvalue weighted by molar-refractivity contribution is 5.38. The van der Waals surface area contributed by atoms with Gasteiger partial charge in [-0.3, -0.25) is 0 Å². The molecule has 0 spiro atoms. The highest BCUT2D eigenvalue weighted by Crippen LogP contribution is 2.16. The van der Waals surface area contributed by atoms with Gasteiger partial charge in [-0.05, 0) is 38.3 Å². The zero-order chi connectivity index (χ0) is 8.97. The normalized spacial score (nSPS) is 19.2. The molecule has 0 nitrogen and oxygen atoms in total. The average molecular weight is 160 g/mol. The summed E-state index contributed by atoms with van der Waals surface area (Å²) in [5.74, 6) is 0. The average Bonchev–Trinajstić information content (AvgIpc) is 2.05. The van der Waals surface area contributed by atoms with Crippen molar-refractivity contribution in [1.82, 2.24) is 0 Å². The summed E-state index contributed by atoms with van der Waals surface area (Å²) in [6.45, 7) is 6.44. The van der Waals surface area contributed by atoms with Crippen LogP contribution < -0.4 is 0 Å². The van der Waals surface area contributed by atoms with E-state index >= 15 is 0 Å². The van der Waals surface area contributed by atoms with Crippen LogP contribution in [0.15, 0.2) is 47.1 Å². The van der Waals surface area contributed by atoms with E-state index in [-0.39, 0.29) is 0 Å². The largest absolute Gasteiger partial charge is 0.0801 e. The van der Waals surface area contributed by atoms with Gasteiger partial charge in [0.2, 0.25) is 0 Å². The maximum Gasteiger partial charge on any atom is -0.00917 e. The van der Waals surface area contributed by atoms with Crippen LogP contribution >= 0.6 is 0 Å². The zero-order valence-electron chi connectivity index (χ0n) is 8.09. The molecule has 0 saturated carbocycles. The van der Waals surface area contributed by atoms with E-state index in [9.17, 15) is 0 Å². The fourth-order valence-electron chi connectivity index (χ4n) is 1.33. The molecule has 64 valence electrons. The second kappa shape index (κ2) is 4.10. The summed E-state index contributed by atoms with van der Waals surface area (Å²) >= 11 is 0. The van der Waals surface area contributed by atoms with E-state index < -0.39 is 0 Å². The first kappa shape index (κ1) is 9.05. The number of rotatable bonds is 1. The van der Waals surface area contributed by atoms with Crippen LogP contribution in [-0.2, 0) is 0 Å². The van der Waals surface area contributed by atoms with Crippen molar-refractivity contribution in [2.75, 3.05) is 0 Å². The van der Waals surface area contributed by atoms with Gasteiger partial charge in [0.1, 0.15) is 0 Å². The predicted octanol–water partition coefficient (Wildman–Crippen LogP) is 3.79. The van der Waals surface area contributed by atoms with Crippen LogP contribution in [0.2, 0.25) is 0 Å². The van der Waals surface area contributed by atoms with Crippen molar-refractivity contribution in [2.24, 2.45) is 0 Å². The molecule has 0 heterocycles. The van der Waals surface area contributed by atoms with Gasteiger partial charge < -0.3 is 0 Å². The molecule has 0 aromatic carbocycles. The second-order valence-electron chi connectivity index (χ2n) is 3.42. The molecular weight excluding hydrogens is 144 g/mol. The van der Waals surface area contributed by atoms with Crippen LogP contribution in [0.5, 0.6) is 0 Å². The van der Waals surface area contributed by atoms with E-state index in [0.29, 0.717) is 0 Å². The Morgan fingerprint density at radius 3 is 2.50 bits per heavy atom. The van der Waals surface area contributed by atoms with Gasteiger partial charge in [-0.2, -0.15) is 0 Å². The van der Waals surface area contributed by atoms with E-state index in [0.717, 1.165) is 6.42 Å². The van der Waals surface area contributed by atoms with Crippen LogP contribution in [0, 0.1) is 0 Å². The Bertz CT molecular complexity index is 268. The molecule has 12 heavy (non-hydrogen) atoms. The first-order valence-electron chi connectivity index (χ1n) is 4.38. The molecule has 0 N–H and O–H groups in total. The summed E-state index contributed by atoms with van der Waals surface area (Å²) in [4.78, 5) is 0. The summed E-state index contributed by atoms with van der Waals surface area (Å²) in [7, 11) is 0. The Labute approximate surface area is 75.0 Å². The van der Waals surface area contributed by atoms with E-state index in [1.54, 1.807) is 0 Å². The first-order chi connectivity index (χ1) is 5.70. The molecule has 0 atom stereocenters. The Morgan fingerprint density at radius 1 is 1.25 bits per heavy atom. The highest BCUT2D eigenvalue weighted by Gasteiger charge is 1.96. The maximum absolute atomic E-state index is 2.23. The third-order valence-corrected chi connectivity index (χ3v) is 1.89. The van der Waals surface area contributed by atoms with Gasteiger partial charge in [-0.1, -0.05) is 36.0 Å². The maximum atomic E-state index is 2.23. The van der Waals surface area contributed by atoms with Crippen LogP contribution in [-0.4, -0.2) is 0 Å². The van der Waals surface area contributed by atoms with Gasteiger partial charge in [-0.25, -0.2) is 0 Å². The van der Waals surface area contributed by atoms with Gasteiger partial charge in [-0.15, -0.1) is 0 Å². The molecule has 0 amide bonds. The standard InChI is InChI=1S/C12H16/c1-10(2)9-11(3)12-7-5-4-6-8-12/h4-7,9H,8H2,1-3H3/b12-11+. The van der Waals surface area contributed by atoms with Crippen molar-refractivity contribution in [1.29, 1.82) is 0 Å². The van der Waals surface area contributed by atoms with Crippen molar-refractivity contribution in [3.8, 4) is 0 Å². The van der Waals surface area contributed by atoms with Gasteiger partial charge in [0, 0.05) is 0 Å². The van der Waals surface area contributed by atoms with Crippen LogP contribution in [0.1, 0.15) is 27.2 Å². The van der Waals surface area contributed by atoms with Crippen LogP contribution in [0.25, 0.3) is 0 Å². The molecule has 1 aliphatic rings. The van der Waals surface area contributed by atoms with E-state index in [4.69, 9.17) is 0 Å². The summed E-state index contributed by atoms with van der Waals surface area (Å²) < 4.78 is 0. The first-order valence-corrected chi connectivity index (χ1v) is 4.38. The van der Waals surface area contributed by atoms with E-state index in [1.807, 2.05) is 0 Å². The number of allylic oxidation sites excluding steroid dienone is 8. The van der Waals surface area contributed by atoms with E-state index in [1.165, 1.54) is 16.7 Å². The Balaban J connectivity index is 2.84. The Kier molecular flexibility index (Phi) is 3.09. The lowest BCUT2D eigenvalue weighted by Crippen LogP contribution is -1.85. The van der Waals surface area contributed by atoms with Gasteiger partial charge in [0.15, 0.2) is 0 Å². The smallest absolute Gasteiger partial charge is 0.00917 e. The highest BCUT2D eigenvalue weighted by atomic mass is 14.0. The minimum Gasteiger partial charge on any atom is -0.0801 e. The van der Waals surface area contributed by atoms with Crippen molar-refractivity contribution in [2.45, 2.75) is 27.2 Å². The molecular formula is C12H16. The topological polar surface area (TPSA) is 0 Å². The minimum absolute atomic E-state index is 1.08. The Morgan fingerprint density at radius 2 is 2.00 bits per heavy atom. The lowest BCUT2D eigenvalue weighted by Gasteiger charge is -2.05. The lowest BCUT2D eigenvalue weighted by atomic mass is 10.0. The predicted molar refractivity (Wildman–Crippen MR) is 55.0 cm³/mol. The Hall–Kier alpha value is -1.04. The minimum atomic E-state index is 1.08.